The topological polar surface area (TPSA) is 71.4 Å². The van der Waals surface area contributed by atoms with E-state index in [-0.39, 0.29) is 6.42 Å². The van der Waals surface area contributed by atoms with E-state index in [1.807, 2.05) is 43.3 Å². The van der Waals surface area contributed by atoms with Gasteiger partial charge in [0, 0.05) is 6.26 Å². The summed E-state index contributed by atoms with van der Waals surface area (Å²) >= 11 is 0. The Morgan fingerprint density at radius 1 is 0.962 bits per heavy atom. The van der Waals surface area contributed by atoms with E-state index in [1.165, 1.54) is 6.26 Å². The molecule has 0 fully saturated rings. The molecule has 0 aliphatic rings. The fraction of sp³-hybridized carbons (Fsp3) is 0.190. The zero-order chi connectivity index (χ0) is 18.9. The predicted molar refractivity (Wildman–Crippen MR) is 102 cm³/mol. The standard InChI is InChI=1S/C21H20O4S/c1-14-3-6-17-11-16(13-21(22)23)12-18(20(17)9-14)10-15-4-7-19(8-5-15)26(2,24)25/h3-9,11-12H,10,13H2,1-2H3,(H,22,23). The van der Waals surface area contributed by atoms with E-state index in [4.69, 9.17) is 5.11 Å². The number of carbonyl (C=O) groups is 1. The predicted octanol–water partition coefficient (Wildman–Crippen LogP) is 3.77. The molecule has 26 heavy (non-hydrogen) atoms. The first-order chi connectivity index (χ1) is 12.2. The fourth-order valence-corrected chi connectivity index (χ4v) is 3.74. The number of carboxylic acid groups (broad SMARTS) is 1. The molecule has 5 heteroatoms. The number of carboxylic acids is 1. The van der Waals surface area contributed by atoms with Crippen molar-refractivity contribution in [3.63, 3.8) is 0 Å². The van der Waals surface area contributed by atoms with E-state index in [9.17, 15) is 13.2 Å². The second kappa shape index (κ2) is 6.92. The largest absolute Gasteiger partial charge is 0.481 e. The molecule has 3 aromatic rings. The summed E-state index contributed by atoms with van der Waals surface area (Å²) < 4.78 is 23.2. The average Bonchev–Trinajstić information content (AvgIpc) is 2.54. The maximum absolute atomic E-state index is 11.6. The highest BCUT2D eigenvalue weighted by molar-refractivity contribution is 7.90. The quantitative estimate of drug-likeness (QED) is 0.744. The third kappa shape index (κ3) is 4.11. The van der Waals surface area contributed by atoms with E-state index < -0.39 is 15.8 Å². The first-order valence-corrected chi connectivity index (χ1v) is 10.1. The minimum atomic E-state index is -3.22. The molecule has 0 heterocycles. The van der Waals surface area contributed by atoms with Gasteiger partial charge in [0.1, 0.15) is 0 Å². The zero-order valence-electron chi connectivity index (χ0n) is 14.7. The van der Waals surface area contributed by atoms with Crippen LogP contribution in [0.15, 0.2) is 59.5 Å². The minimum Gasteiger partial charge on any atom is -0.481 e. The van der Waals surface area contributed by atoms with E-state index in [1.54, 1.807) is 12.1 Å². The number of hydrogen-bond donors (Lipinski definition) is 1. The average molecular weight is 368 g/mol. The van der Waals surface area contributed by atoms with Crippen molar-refractivity contribution in [2.45, 2.75) is 24.7 Å². The molecule has 0 aromatic heterocycles. The summed E-state index contributed by atoms with van der Waals surface area (Å²) in [7, 11) is -3.22. The molecular formula is C21H20O4S. The molecular weight excluding hydrogens is 348 g/mol. The van der Waals surface area contributed by atoms with Crippen molar-refractivity contribution in [2.24, 2.45) is 0 Å². The Morgan fingerprint density at radius 3 is 2.27 bits per heavy atom. The molecule has 0 atom stereocenters. The van der Waals surface area contributed by atoms with Crippen molar-refractivity contribution in [1.29, 1.82) is 0 Å². The van der Waals surface area contributed by atoms with Gasteiger partial charge in [0.15, 0.2) is 9.84 Å². The number of fused-ring (bicyclic) bond motifs is 1. The van der Waals surface area contributed by atoms with Gasteiger partial charge in [-0.15, -0.1) is 0 Å². The van der Waals surface area contributed by atoms with Gasteiger partial charge in [-0.3, -0.25) is 4.79 Å². The molecule has 0 bridgehead atoms. The lowest BCUT2D eigenvalue weighted by atomic mass is 9.94. The molecule has 134 valence electrons. The van der Waals surface area contributed by atoms with Gasteiger partial charge in [-0.25, -0.2) is 8.42 Å². The van der Waals surface area contributed by atoms with Crippen LogP contribution in [-0.4, -0.2) is 25.7 Å². The number of aliphatic carboxylic acids is 1. The second-order valence-corrected chi connectivity index (χ2v) is 8.66. The Balaban J connectivity index is 2.04. The lowest BCUT2D eigenvalue weighted by Crippen LogP contribution is -2.02. The van der Waals surface area contributed by atoms with E-state index >= 15 is 0 Å². The molecule has 0 saturated carbocycles. The summed E-state index contributed by atoms with van der Waals surface area (Å²) in [4.78, 5) is 11.4. The number of benzene rings is 3. The molecule has 0 radical (unpaired) electrons. The molecule has 0 unspecified atom stereocenters. The van der Waals surface area contributed by atoms with Gasteiger partial charge in [0.2, 0.25) is 0 Å². The summed E-state index contributed by atoms with van der Waals surface area (Å²) in [6, 6.07) is 16.8. The van der Waals surface area contributed by atoms with E-state index in [0.29, 0.717) is 11.3 Å². The van der Waals surface area contributed by atoms with Crippen LogP contribution in [-0.2, 0) is 27.5 Å². The summed E-state index contributed by atoms with van der Waals surface area (Å²) in [6.07, 6.45) is 1.77. The van der Waals surface area contributed by atoms with E-state index in [0.717, 1.165) is 33.0 Å². The SMILES string of the molecule is Cc1ccc2cc(CC(=O)O)cc(Cc3ccc(S(C)(=O)=O)cc3)c2c1. The molecule has 0 aliphatic heterocycles. The van der Waals surface area contributed by atoms with E-state index in [2.05, 4.69) is 6.07 Å². The van der Waals surface area contributed by atoms with Gasteiger partial charge < -0.3 is 5.11 Å². The molecule has 1 N–H and O–H groups in total. The van der Waals surface area contributed by atoms with Crippen LogP contribution in [0.25, 0.3) is 10.8 Å². The first-order valence-electron chi connectivity index (χ1n) is 8.25. The van der Waals surface area contributed by atoms with Crippen molar-refractivity contribution < 1.29 is 18.3 Å². The Bertz CT molecular complexity index is 1080. The van der Waals surface area contributed by atoms with Crippen LogP contribution in [0.2, 0.25) is 0 Å². The molecule has 3 rings (SSSR count). The summed E-state index contributed by atoms with van der Waals surface area (Å²) in [6.45, 7) is 2.02. The van der Waals surface area contributed by atoms with Crippen LogP contribution in [0.1, 0.15) is 22.3 Å². The second-order valence-electron chi connectivity index (χ2n) is 6.64. The fourth-order valence-electron chi connectivity index (χ4n) is 3.11. The smallest absolute Gasteiger partial charge is 0.307 e. The maximum Gasteiger partial charge on any atom is 0.307 e. The van der Waals surface area contributed by atoms with Crippen molar-refractivity contribution in [1.82, 2.24) is 0 Å². The third-order valence-electron chi connectivity index (χ3n) is 4.36. The molecule has 0 saturated heterocycles. The zero-order valence-corrected chi connectivity index (χ0v) is 15.5. The van der Waals surface area contributed by atoms with Crippen LogP contribution >= 0.6 is 0 Å². The normalized spacial score (nSPS) is 11.6. The monoisotopic (exact) mass is 368 g/mol. The number of hydrogen-bond acceptors (Lipinski definition) is 3. The highest BCUT2D eigenvalue weighted by Gasteiger charge is 2.10. The maximum atomic E-state index is 11.6. The molecule has 3 aromatic carbocycles. The van der Waals surface area contributed by atoms with Crippen molar-refractivity contribution in [3.05, 3.63) is 76.9 Å². The van der Waals surface area contributed by atoms with Crippen molar-refractivity contribution in [2.75, 3.05) is 6.26 Å². The molecule has 0 spiro atoms. The lowest BCUT2D eigenvalue weighted by molar-refractivity contribution is -0.136. The first kappa shape index (κ1) is 18.1. The van der Waals surface area contributed by atoms with Gasteiger partial charge >= 0.3 is 5.97 Å². The number of rotatable bonds is 5. The number of aryl methyl sites for hydroxylation is 1. The molecule has 0 aliphatic carbocycles. The Hall–Kier alpha value is -2.66. The molecule has 0 amide bonds. The summed E-state index contributed by atoms with van der Waals surface area (Å²) in [5.41, 5.74) is 3.91. The summed E-state index contributed by atoms with van der Waals surface area (Å²) in [5.74, 6) is -0.861. The highest BCUT2D eigenvalue weighted by Crippen LogP contribution is 2.26. The van der Waals surface area contributed by atoms with Crippen LogP contribution in [0.3, 0.4) is 0 Å². The van der Waals surface area contributed by atoms with Gasteiger partial charge in [-0.05, 0) is 52.9 Å². The minimum absolute atomic E-state index is 0.0240. The van der Waals surface area contributed by atoms with Crippen molar-refractivity contribution in [3.8, 4) is 0 Å². The Kier molecular flexibility index (Phi) is 4.83. The van der Waals surface area contributed by atoms with Crippen LogP contribution < -0.4 is 0 Å². The van der Waals surface area contributed by atoms with Crippen molar-refractivity contribution >= 4 is 26.6 Å². The van der Waals surface area contributed by atoms with Crippen LogP contribution in [0.5, 0.6) is 0 Å². The highest BCUT2D eigenvalue weighted by atomic mass is 32.2. The number of sulfone groups is 1. The molecule has 4 nitrogen and oxygen atoms in total. The van der Waals surface area contributed by atoms with Crippen LogP contribution in [0.4, 0.5) is 0 Å². The lowest BCUT2D eigenvalue weighted by Gasteiger charge is -2.11. The van der Waals surface area contributed by atoms with Crippen LogP contribution in [0, 0.1) is 6.92 Å². The van der Waals surface area contributed by atoms with Gasteiger partial charge in [-0.1, -0.05) is 48.0 Å². The Labute approximate surface area is 153 Å². The van der Waals surface area contributed by atoms with Gasteiger partial charge in [0.05, 0.1) is 11.3 Å². The third-order valence-corrected chi connectivity index (χ3v) is 5.49. The summed E-state index contributed by atoms with van der Waals surface area (Å²) in [5, 5.41) is 11.2. The van der Waals surface area contributed by atoms with Gasteiger partial charge in [-0.2, -0.15) is 0 Å². The van der Waals surface area contributed by atoms with Gasteiger partial charge in [0.25, 0.3) is 0 Å². The Morgan fingerprint density at radius 2 is 1.65 bits per heavy atom.